The van der Waals surface area contributed by atoms with Crippen LogP contribution in [0.4, 0.5) is 0 Å². The first-order valence-corrected chi connectivity index (χ1v) is 5.06. The summed E-state index contributed by atoms with van der Waals surface area (Å²) in [7, 11) is 0. The Kier molecular flexibility index (Phi) is 2.49. The van der Waals surface area contributed by atoms with Crippen molar-refractivity contribution in [3.8, 4) is 0 Å². The van der Waals surface area contributed by atoms with Gasteiger partial charge in [-0.1, -0.05) is 29.8 Å². The minimum Gasteiger partial charge on any atom is -0.295 e. The van der Waals surface area contributed by atoms with E-state index in [2.05, 4.69) is 31.2 Å². The summed E-state index contributed by atoms with van der Waals surface area (Å²) in [5.41, 5.74) is 3.39. The van der Waals surface area contributed by atoms with Crippen LogP contribution >= 0.6 is 0 Å². The molecule has 0 radical (unpaired) electrons. The molecule has 0 aliphatic heterocycles. The van der Waals surface area contributed by atoms with Crippen LogP contribution < -0.4 is 0 Å². The Bertz CT molecular complexity index is 371. The molecule has 0 saturated heterocycles. The number of ketones is 1. The summed E-state index contributed by atoms with van der Waals surface area (Å²) in [6.45, 7) is 2.07. The highest BCUT2D eigenvalue weighted by atomic mass is 16.1. The van der Waals surface area contributed by atoms with Crippen LogP contribution in [0, 0.1) is 6.92 Å². The number of hydrogen-bond acceptors (Lipinski definition) is 1. The molecule has 0 unspecified atom stereocenters. The lowest BCUT2D eigenvalue weighted by molar-refractivity contribution is -0.114. The Balaban J connectivity index is 2.24. The zero-order chi connectivity index (χ0) is 9.97. The maximum Gasteiger partial charge on any atom is 0.158 e. The number of carbonyl (C=O) groups excluding carboxylic acids is 1. The number of carbonyl (C=O) groups is 1. The lowest BCUT2D eigenvalue weighted by Gasteiger charge is -1.97. The Labute approximate surface area is 84.5 Å². The maximum atomic E-state index is 11.4. The van der Waals surface area contributed by atoms with Gasteiger partial charge in [-0.2, -0.15) is 0 Å². The fraction of sp³-hybridized carbons (Fsp3) is 0.308. The number of rotatable bonds is 1. The normalized spacial score (nSPS) is 19.2. The van der Waals surface area contributed by atoms with Crippen molar-refractivity contribution in [2.45, 2.75) is 26.2 Å². The van der Waals surface area contributed by atoms with Crippen molar-refractivity contribution in [1.29, 1.82) is 0 Å². The molecule has 0 atom stereocenters. The molecular weight excluding hydrogens is 172 g/mol. The average molecular weight is 186 g/mol. The molecule has 0 spiro atoms. The zero-order valence-electron chi connectivity index (χ0n) is 8.42. The molecule has 1 fully saturated rings. The number of allylic oxidation sites excluding steroid dienone is 1. The zero-order valence-corrected chi connectivity index (χ0v) is 8.42. The van der Waals surface area contributed by atoms with Crippen LogP contribution in [0.1, 0.15) is 30.4 Å². The Morgan fingerprint density at radius 1 is 1.14 bits per heavy atom. The SMILES string of the molecule is Cc1ccc(/C=C2/CCCC2=O)cc1. The molecule has 0 amide bonds. The van der Waals surface area contributed by atoms with E-state index in [4.69, 9.17) is 0 Å². The first-order valence-electron chi connectivity index (χ1n) is 5.06. The predicted octanol–water partition coefficient (Wildman–Crippen LogP) is 3.13. The van der Waals surface area contributed by atoms with Gasteiger partial charge in [-0.3, -0.25) is 4.79 Å². The van der Waals surface area contributed by atoms with E-state index >= 15 is 0 Å². The molecule has 72 valence electrons. The molecule has 1 aromatic carbocycles. The van der Waals surface area contributed by atoms with Crippen molar-refractivity contribution in [2.24, 2.45) is 0 Å². The highest BCUT2D eigenvalue weighted by molar-refractivity contribution is 6.01. The van der Waals surface area contributed by atoms with E-state index in [1.807, 2.05) is 6.08 Å². The standard InChI is InChI=1S/C13H14O/c1-10-5-7-11(8-6-10)9-12-3-2-4-13(12)14/h5-9H,2-4H2,1H3/b12-9-. The van der Waals surface area contributed by atoms with Crippen molar-refractivity contribution >= 4 is 11.9 Å². The lowest BCUT2D eigenvalue weighted by Crippen LogP contribution is -1.90. The highest BCUT2D eigenvalue weighted by Crippen LogP contribution is 2.22. The van der Waals surface area contributed by atoms with Gasteiger partial charge >= 0.3 is 0 Å². The average Bonchev–Trinajstić information content (AvgIpc) is 2.56. The molecule has 1 nitrogen and oxygen atoms in total. The lowest BCUT2D eigenvalue weighted by atomic mass is 10.1. The first-order chi connectivity index (χ1) is 6.75. The fourth-order valence-corrected chi connectivity index (χ4v) is 1.76. The first kappa shape index (κ1) is 9.20. The molecule has 2 rings (SSSR count). The summed E-state index contributed by atoms with van der Waals surface area (Å²) < 4.78 is 0. The molecule has 1 aliphatic rings. The van der Waals surface area contributed by atoms with Crippen LogP contribution in [0.2, 0.25) is 0 Å². The molecule has 1 heteroatoms. The second-order valence-electron chi connectivity index (χ2n) is 3.86. The van der Waals surface area contributed by atoms with Gasteiger partial charge in [-0.15, -0.1) is 0 Å². The van der Waals surface area contributed by atoms with Gasteiger partial charge in [0.2, 0.25) is 0 Å². The van der Waals surface area contributed by atoms with Crippen molar-refractivity contribution in [3.63, 3.8) is 0 Å². The minimum absolute atomic E-state index is 0.325. The molecule has 0 N–H and O–H groups in total. The Hall–Kier alpha value is -1.37. The van der Waals surface area contributed by atoms with E-state index in [0.717, 1.165) is 30.4 Å². The van der Waals surface area contributed by atoms with Crippen LogP contribution in [0.3, 0.4) is 0 Å². The minimum atomic E-state index is 0.325. The van der Waals surface area contributed by atoms with E-state index in [0.29, 0.717) is 5.78 Å². The Morgan fingerprint density at radius 2 is 1.86 bits per heavy atom. The van der Waals surface area contributed by atoms with E-state index in [1.54, 1.807) is 0 Å². The Morgan fingerprint density at radius 3 is 2.43 bits per heavy atom. The highest BCUT2D eigenvalue weighted by Gasteiger charge is 2.16. The van der Waals surface area contributed by atoms with E-state index in [1.165, 1.54) is 5.56 Å². The van der Waals surface area contributed by atoms with Gasteiger partial charge in [0.05, 0.1) is 0 Å². The third-order valence-electron chi connectivity index (χ3n) is 2.63. The maximum absolute atomic E-state index is 11.4. The van der Waals surface area contributed by atoms with Gasteiger partial charge in [0.25, 0.3) is 0 Å². The van der Waals surface area contributed by atoms with Gasteiger partial charge in [0.1, 0.15) is 0 Å². The smallest absolute Gasteiger partial charge is 0.158 e. The van der Waals surface area contributed by atoms with Crippen LogP contribution in [-0.2, 0) is 4.79 Å². The fourth-order valence-electron chi connectivity index (χ4n) is 1.76. The van der Waals surface area contributed by atoms with Gasteiger partial charge < -0.3 is 0 Å². The van der Waals surface area contributed by atoms with E-state index in [9.17, 15) is 4.79 Å². The molecule has 0 bridgehead atoms. The molecule has 0 heterocycles. The van der Waals surface area contributed by atoms with Crippen LogP contribution in [-0.4, -0.2) is 5.78 Å². The van der Waals surface area contributed by atoms with Crippen LogP contribution in [0.25, 0.3) is 6.08 Å². The van der Waals surface area contributed by atoms with Crippen molar-refractivity contribution < 1.29 is 4.79 Å². The number of Topliss-reactive ketones (excluding diaryl/α,β-unsaturated/α-hetero) is 1. The van der Waals surface area contributed by atoms with Crippen molar-refractivity contribution in [2.75, 3.05) is 0 Å². The summed E-state index contributed by atoms with van der Waals surface area (Å²) >= 11 is 0. The molecule has 1 saturated carbocycles. The quantitative estimate of drug-likeness (QED) is 0.616. The molecule has 14 heavy (non-hydrogen) atoms. The topological polar surface area (TPSA) is 17.1 Å². The van der Waals surface area contributed by atoms with Crippen LogP contribution in [0.15, 0.2) is 29.8 Å². The monoisotopic (exact) mass is 186 g/mol. The largest absolute Gasteiger partial charge is 0.295 e. The number of hydrogen-bond donors (Lipinski definition) is 0. The summed E-state index contributed by atoms with van der Waals surface area (Å²) in [4.78, 5) is 11.4. The summed E-state index contributed by atoms with van der Waals surface area (Å²) in [6.07, 6.45) is 4.73. The molecule has 0 aromatic heterocycles. The number of aryl methyl sites for hydroxylation is 1. The van der Waals surface area contributed by atoms with Gasteiger partial charge in [0.15, 0.2) is 5.78 Å². The second kappa shape index (κ2) is 3.79. The van der Waals surface area contributed by atoms with E-state index < -0.39 is 0 Å². The van der Waals surface area contributed by atoms with Gasteiger partial charge in [-0.05, 0) is 37.0 Å². The van der Waals surface area contributed by atoms with Gasteiger partial charge in [0, 0.05) is 6.42 Å². The number of benzene rings is 1. The molecule has 1 aliphatic carbocycles. The molecule has 1 aromatic rings. The molecular formula is C13H14O. The van der Waals surface area contributed by atoms with Crippen LogP contribution in [0.5, 0.6) is 0 Å². The third kappa shape index (κ3) is 1.92. The summed E-state index contributed by atoms with van der Waals surface area (Å²) in [6, 6.07) is 8.28. The summed E-state index contributed by atoms with van der Waals surface area (Å²) in [5.74, 6) is 0.325. The third-order valence-corrected chi connectivity index (χ3v) is 2.63. The predicted molar refractivity (Wildman–Crippen MR) is 58.0 cm³/mol. The van der Waals surface area contributed by atoms with E-state index in [-0.39, 0.29) is 0 Å². The van der Waals surface area contributed by atoms with Crippen molar-refractivity contribution in [1.82, 2.24) is 0 Å². The van der Waals surface area contributed by atoms with Gasteiger partial charge in [-0.25, -0.2) is 0 Å². The van der Waals surface area contributed by atoms with Crippen molar-refractivity contribution in [3.05, 3.63) is 41.0 Å². The second-order valence-corrected chi connectivity index (χ2v) is 3.86. The summed E-state index contributed by atoms with van der Waals surface area (Å²) in [5, 5.41) is 0.